The van der Waals surface area contributed by atoms with E-state index in [1.807, 2.05) is 10.7 Å². The van der Waals surface area contributed by atoms with Gasteiger partial charge in [0.25, 0.3) is 0 Å². The molecule has 2 aromatic carbocycles. The van der Waals surface area contributed by atoms with Crippen LogP contribution in [0.4, 0.5) is 10.2 Å². The Labute approximate surface area is 208 Å². The van der Waals surface area contributed by atoms with Crippen LogP contribution in [0.2, 0.25) is 5.02 Å². The van der Waals surface area contributed by atoms with Gasteiger partial charge in [-0.3, -0.25) is 4.79 Å². The third-order valence-electron chi connectivity index (χ3n) is 6.57. The molecule has 1 N–H and O–H groups in total. The molecule has 0 radical (unpaired) electrons. The Balaban J connectivity index is 1.33. The van der Waals surface area contributed by atoms with Gasteiger partial charge in [0, 0.05) is 37.6 Å². The van der Waals surface area contributed by atoms with Crippen LogP contribution in [-0.4, -0.2) is 33.6 Å². The highest BCUT2D eigenvalue weighted by molar-refractivity contribution is 6.30. The predicted molar refractivity (Wildman–Crippen MR) is 136 cm³/mol. The maximum Gasteiger partial charge on any atom is 0.225 e. The van der Waals surface area contributed by atoms with Crippen molar-refractivity contribution in [1.29, 1.82) is 0 Å². The van der Waals surface area contributed by atoms with Crippen molar-refractivity contribution in [2.45, 2.75) is 33.2 Å². The van der Waals surface area contributed by atoms with Crippen LogP contribution in [0.1, 0.15) is 29.5 Å². The molecular formula is C27H27ClFN5O. The number of piperidine rings is 1. The number of nitrogens with zero attached hydrogens (tertiary/aromatic N) is 4. The third-order valence-corrected chi connectivity index (χ3v) is 6.86. The zero-order valence-electron chi connectivity index (χ0n) is 19.8. The van der Waals surface area contributed by atoms with Gasteiger partial charge >= 0.3 is 0 Å². The van der Waals surface area contributed by atoms with E-state index in [-0.39, 0.29) is 16.8 Å². The zero-order valence-corrected chi connectivity index (χ0v) is 20.5. The number of aromatic nitrogens is 3. The molecule has 35 heavy (non-hydrogen) atoms. The fourth-order valence-electron chi connectivity index (χ4n) is 4.75. The summed E-state index contributed by atoms with van der Waals surface area (Å²) in [7, 11) is 0. The standard InChI is InChI=1S/C27H27ClFN5O/c1-17-5-7-21(18(2)12-17)24-14-25-26(30-9-11-34(25)32-24)33-10-3-4-20(16-33)27(35)31-15-19-6-8-23(29)22(28)13-19/h5-9,11-14,20H,3-4,10,15-16H2,1-2H3,(H,31,35). The number of carbonyl (C=O) groups is 1. The van der Waals surface area contributed by atoms with Crippen molar-refractivity contribution >= 4 is 28.8 Å². The van der Waals surface area contributed by atoms with Crippen molar-refractivity contribution < 1.29 is 9.18 Å². The minimum atomic E-state index is -0.466. The first kappa shape index (κ1) is 23.3. The van der Waals surface area contributed by atoms with Crippen LogP contribution >= 0.6 is 11.6 Å². The molecule has 180 valence electrons. The van der Waals surface area contributed by atoms with Crippen LogP contribution in [0.25, 0.3) is 16.8 Å². The number of hydrogen-bond acceptors (Lipinski definition) is 4. The van der Waals surface area contributed by atoms with Crippen molar-refractivity contribution in [2.24, 2.45) is 5.92 Å². The maximum atomic E-state index is 13.4. The lowest BCUT2D eigenvalue weighted by atomic mass is 9.97. The summed E-state index contributed by atoms with van der Waals surface area (Å²) in [6, 6.07) is 12.9. The molecule has 0 spiro atoms. The monoisotopic (exact) mass is 491 g/mol. The number of carbonyl (C=O) groups excluding carboxylic acids is 1. The lowest BCUT2D eigenvalue weighted by Gasteiger charge is -2.33. The van der Waals surface area contributed by atoms with Crippen LogP contribution < -0.4 is 10.2 Å². The molecule has 1 atom stereocenters. The molecule has 1 aliphatic rings. The summed E-state index contributed by atoms with van der Waals surface area (Å²) in [6.07, 6.45) is 5.31. The minimum absolute atomic E-state index is 0.0217. The second-order valence-electron chi connectivity index (χ2n) is 9.18. The number of aryl methyl sites for hydroxylation is 2. The molecule has 4 aromatic rings. The highest BCUT2D eigenvalue weighted by Gasteiger charge is 2.28. The van der Waals surface area contributed by atoms with Crippen LogP contribution in [0, 0.1) is 25.6 Å². The number of rotatable bonds is 5. The average Bonchev–Trinajstić information content (AvgIpc) is 3.28. The van der Waals surface area contributed by atoms with Gasteiger partial charge in [0.1, 0.15) is 11.3 Å². The maximum absolute atomic E-state index is 13.4. The average molecular weight is 492 g/mol. The van der Waals surface area contributed by atoms with E-state index in [9.17, 15) is 9.18 Å². The second kappa shape index (κ2) is 9.66. The van der Waals surface area contributed by atoms with Gasteiger partial charge < -0.3 is 10.2 Å². The van der Waals surface area contributed by atoms with Gasteiger partial charge in [0.05, 0.1) is 16.6 Å². The molecule has 2 aromatic heterocycles. The summed E-state index contributed by atoms with van der Waals surface area (Å²) in [5.41, 5.74) is 6.09. The molecule has 1 amide bonds. The van der Waals surface area contributed by atoms with Gasteiger partial charge in [-0.1, -0.05) is 41.4 Å². The van der Waals surface area contributed by atoms with Crippen molar-refractivity contribution in [3.05, 3.63) is 82.4 Å². The number of benzene rings is 2. The number of nitrogens with one attached hydrogen (secondary N) is 1. The molecule has 1 unspecified atom stereocenters. The Kier molecular flexibility index (Phi) is 6.43. The van der Waals surface area contributed by atoms with Crippen molar-refractivity contribution in [3.8, 4) is 11.3 Å². The van der Waals surface area contributed by atoms with E-state index in [1.165, 1.54) is 17.2 Å². The summed E-state index contributed by atoms with van der Waals surface area (Å²) >= 11 is 5.86. The summed E-state index contributed by atoms with van der Waals surface area (Å²) in [4.78, 5) is 19.8. The van der Waals surface area contributed by atoms with Gasteiger partial charge in [0.15, 0.2) is 5.82 Å². The molecule has 5 rings (SSSR count). The van der Waals surface area contributed by atoms with E-state index >= 15 is 0 Å². The molecular weight excluding hydrogens is 465 g/mol. The lowest BCUT2D eigenvalue weighted by molar-refractivity contribution is -0.125. The van der Waals surface area contributed by atoms with Crippen LogP contribution in [0.3, 0.4) is 0 Å². The molecule has 3 heterocycles. The number of halogens is 2. The van der Waals surface area contributed by atoms with E-state index in [0.29, 0.717) is 13.1 Å². The third kappa shape index (κ3) is 4.86. The first-order valence-electron chi connectivity index (χ1n) is 11.8. The number of fused-ring (bicyclic) bond motifs is 1. The van der Waals surface area contributed by atoms with Gasteiger partial charge in [-0.05, 0) is 56.0 Å². The van der Waals surface area contributed by atoms with Gasteiger partial charge in [-0.15, -0.1) is 0 Å². The SMILES string of the molecule is Cc1ccc(-c2cc3c(N4CCCC(C(=O)NCc5ccc(F)c(Cl)c5)C4)nccn3n2)c(C)c1. The van der Waals surface area contributed by atoms with E-state index in [0.717, 1.165) is 47.5 Å². The Morgan fingerprint density at radius 2 is 2.06 bits per heavy atom. The Morgan fingerprint density at radius 1 is 1.20 bits per heavy atom. The molecule has 1 aliphatic heterocycles. The van der Waals surface area contributed by atoms with Crippen LogP contribution in [0.5, 0.6) is 0 Å². The van der Waals surface area contributed by atoms with E-state index in [1.54, 1.807) is 18.3 Å². The second-order valence-corrected chi connectivity index (χ2v) is 9.59. The predicted octanol–water partition coefficient (Wildman–Crippen LogP) is 5.34. The molecule has 8 heteroatoms. The normalized spacial score (nSPS) is 16.0. The highest BCUT2D eigenvalue weighted by Crippen LogP contribution is 2.30. The summed E-state index contributed by atoms with van der Waals surface area (Å²) in [6.45, 7) is 5.89. The zero-order chi connectivity index (χ0) is 24.5. The first-order chi connectivity index (χ1) is 16.9. The number of amides is 1. The van der Waals surface area contributed by atoms with Crippen molar-refractivity contribution in [1.82, 2.24) is 19.9 Å². The largest absolute Gasteiger partial charge is 0.354 e. The van der Waals surface area contributed by atoms with Gasteiger partial charge in [-0.25, -0.2) is 13.9 Å². The molecule has 0 saturated carbocycles. The van der Waals surface area contributed by atoms with Crippen molar-refractivity contribution in [3.63, 3.8) is 0 Å². The van der Waals surface area contributed by atoms with Gasteiger partial charge in [-0.2, -0.15) is 5.10 Å². The number of anilines is 1. The minimum Gasteiger partial charge on any atom is -0.354 e. The molecule has 0 aliphatic carbocycles. The Bertz CT molecular complexity index is 1400. The molecule has 1 fully saturated rings. The van der Waals surface area contributed by atoms with Crippen LogP contribution in [-0.2, 0) is 11.3 Å². The molecule has 0 bridgehead atoms. The Hall–Kier alpha value is -3.45. The fraction of sp³-hybridized carbons (Fsp3) is 0.296. The summed E-state index contributed by atoms with van der Waals surface area (Å²) in [5.74, 6) is 0.181. The smallest absolute Gasteiger partial charge is 0.225 e. The lowest BCUT2D eigenvalue weighted by Crippen LogP contribution is -2.43. The highest BCUT2D eigenvalue weighted by atomic mass is 35.5. The summed E-state index contributed by atoms with van der Waals surface area (Å²) < 4.78 is 15.3. The van der Waals surface area contributed by atoms with E-state index < -0.39 is 5.82 Å². The molecule has 1 saturated heterocycles. The number of hydrogen-bond donors (Lipinski definition) is 1. The Morgan fingerprint density at radius 3 is 2.86 bits per heavy atom. The molecule has 6 nitrogen and oxygen atoms in total. The summed E-state index contributed by atoms with van der Waals surface area (Å²) in [5, 5.41) is 7.83. The van der Waals surface area contributed by atoms with Crippen LogP contribution in [0.15, 0.2) is 54.9 Å². The quantitative estimate of drug-likeness (QED) is 0.409. The van der Waals surface area contributed by atoms with Gasteiger partial charge in [0.2, 0.25) is 5.91 Å². The first-order valence-corrected chi connectivity index (χ1v) is 12.2. The fourth-order valence-corrected chi connectivity index (χ4v) is 4.95. The topological polar surface area (TPSA) is 62.5 Å². The van der Waals surface area contributed by atoms with E-state index in [2.05, 4.69) is 53.3 Å². The van der Waals surface area contributed by atoms with Crippen molar-refractivity contribution in [2.75, 3.05) is 18.0 Å². The van der Waals surface area contributed by atoms with E-state index in [4.69, 9.17) is 16.7 Å².